The first-order valence-electron chi connectivity index (χ1n) is 6.04. The fourth-order valence-corrected chi connectivity index (χ4v) is 1.45. The van der Waals surface area contributed by atoms with Gasteiger partial charge in [0.1, 0.15) is 5.82 Å². The third kappa shape index (κ3) is 4.84. The molecule has 0 aliphatic rings. The Labute approximate surface area is 111 Å². The van der Waals surface area contributed by atoms with Crippen LogP contribution in [-0.2, 0) is 16.1 Å². The van der Waals surface area contributed by atoms with Crippen LogP contribution in [0.15, 0.2) is 23.4 Å². The van der Waals surface area contributed by atoms with Crippen molar-refractivity contribution >= 4 is 5.84 Å². The first-order chi connectivity index (χ1) is 9.08. The van der Waals surface area contributed by atoms with Crippen LogP contribution in [0.5, 0.6) is 0 Å². The van der Waals surface area contributed by atoms with Gasteiger partial charge in [-0.3, -0.25) is 0 Å². The molecule has 1 aromatic carbocycles. The molecule has 0 spiro atoms. The van der Waals surface area contributed by atoms with Gasteiger partial charge in [0.05, 0.1) is 19.3 Å². The third-order valence-electron chi connectivity index (χ3n) is 2.54. The second-order valence-electron chi connectivity index (χ2n) is 4.07. The highest BCUT2D eigenvalue weighted by Crippen LogP contribution is 2.12. The maximum absolute atomic E-state index is 13.7. The number of nitrogens with zero attached hydrogens (tertiary/aromatic N) is 1. The van der Waals surface area contributed by atoms with Crippen molar-refractivity contribution in [3.8, 4) is 0 Å². The normalized spacial score (nSPS) is 13.5. The molecule has 1 rings (SSSR count). The van der Waals surface area contributed by atoms with Crippen molar-refractivity contribution < 1.29 is 19.1 Å². The second kappa shape index (κ2) is 7.70. The smallest absolute Gasteiger partial charge is 0.170 e. The summed E-state index contributed by atoms with van der Waals surface area (Å²) in [6.07, 6.45) is -0.108. The molecule has 0 fully saturated rings. The molecule has 0 aliphatic heterocycles. The lowest BCUT2D eigenvalue weighted by atomic mass is 10.1. The first-order valence-corrected chi connectivity index (χ1v) is 6.04. The average Bonchev–Trinajstić information content (AvgIpc) is 2.42. The summed E-state index contributed by atoms with van der Waals surface area (Å²) in [5.41, 5.74) is 6.12. The molecular weight excluding hydrogens is 251 g/mol. The Balaban J connectivity index is 2.60. The molecule has 19 heavy (non-hydrogen) atoms. The zero-order chi connectivity index (χ0) is 14.3. The molecule has 0 aromatic heterocycles. The van der Waals surface area contributed by atoms with Crippen molar-refractivity contribution in [2.75, 3.05) is 13.2 Å². The van der Waals surface area contributed by atoms with Crippen LogP contribution in [0.2, 0.25) is 0 Å². The molecule has 3 N–H and O–H groups in total. The van der Waals surface area contributed by atoms with Crippen LogP contribution < -0.4 is 5.73 Å². The topological polar surface area (TPSA) is 77.1 Å². The van der Waals surface area contributed by atoms with Crippen LogP contribution in [0, 0.1) is 5.82 Å². The fraction of sp³-hybridized carbons (Fsp3) is 0.462. The zero-order valence-corrected chi connectivity index (χ0v) is 11.1. The SMILES string of the molecule is CCOCC(C)OCc1ccc(/C(N)=N/O)cc1F. The lowest BCUT2D eigenvalue weighted by molar-refractivity contribution is -0.0125. The van der Waals surface area contributed by atoms with Crippen molar-refractivity contribution in [1.29, 1.82) is 0 Å². The summed E-state index contributed by atoms with van der Waals surface area (Å²) in [7, 11) is 0. The van der Waals surface area contributed by atoms with Crippen LogP contribution in [-0.4, -0.2) is 30.4 Å². The summed E-state index contributed by atoms with van der Waals surface area (Å²) in [6, 6.07) is 4.33. The number of benzene rings is 1. The maximum atomic E-state index is 13.7. The molecule has 5 nitrogen and oxygen atoms in total. The summed E-state index contributed by atoms with van der Waals surface area (Å²) in [4.78, 5) is 0. The summed E-state index contributed by atoms with van der Waals surface area (Å²) in [6.45, 7) is 5.00. The molecule has 0 aliphatic carbocycles. The Hall–Kier alpha value is -1.66. The average molecular weight is 270 g/mol. The Morgan fingerprint density at radius 3 is 2.84 bits per heavy atom. The molecule has 0 saturated heterocycles. The zero-order valence-electron chi connectivity index (χ0n) is 11.1. The number of ether oxygens (including phenoxy) is 2. The fourth-order valence-electron chi connectivity index (χ4n) is 1.45. The van der Waals surface area contributed by atoms with Crippen molar-refractivity contribution in [2.24, 2.45) is 10.9 Å². The Kier molecular flexibility index (Phi) is 6.24. The number of amidine groups is 1. The molecule has 1 unspecified atom stereocenters. The lowest BCUT2D eigenvalue weighted by Crippen LogP contribution is -2.17. The standard InChI is InChI=1S/C13H19FN2O3/c1-3-18-7-9(2)19-8-11-5-4-10(6-12(11)14)13(15)16-17/h4-6,9,17H,3,7-8H2,1-2H3,(H2,15,16). The summed E-state index contributed by atoms with van der Waals surface area (Å²) < 4.78 is 24.4. The lowest BCUT2D eigenvalue weighted by Gasteiger charge is -2.13. The van der Waals surface area contributed by atoms with Gasteiger partial charge in [0.2, 0.25) is 0 Å². The molecule has 0 radical (unpaired) electrons. The van der Waals surface area contributed by atoms with E-state index in [2.05, 4.69) is 5.16 Å². The minimum atomic E-state index is -0.451. The summed E-state index contributed by atoms with van der Waals surface area (Å²) >= 11 is 0. The van der Waals surface area contributed by atoms with Gasteiger partial charge in [0.15, 0.2) is 5.84 Å². The van der Waals surface area contributed by atoms with E-state index >= 15 is 0 Å². The predicted molar refractivity (Wildman–Crippen MR) is 69.7 cm³/mol. The number of halogens is 1. The van der Waals surface area contributed by atoms with E-state index in [1.165, 1.54) is 6.07 Å². The second-order valence-corrected chi connectivity index (χ2v) is 4.07. The maximum Gasteiger partial charge on any atom is 0.170 e. The van der Waals surface area contributed by atoms with Crippen molar-refractivity contribution in [3.63, 3.8) is 0 Å². The minimum Gasteiger partial charge on any atom is -0.409 e. The monoisotopic (exact) mass is 270 g/mol. The Morgan fingerprint density at radius 1 is 1.53 bits per heavy atom. The van der Waals surface area contributed by atoms with Gasteiger partial charge >= 0.3 is 0 Å². The van der Waals surface area contributed by atoms with Crippen LogP contribution in [0.4, 0.5) is 4.39 Å². The number of oxime groups is 1. The molecule has 0 saturated carbocycles. The van der Waals surface area contributed by atoms with Gasteiger partial charge in [-0.2, -0.15) is 0 Å². The molecule has 0 bridgehead atoms. The number of rotatable bonds is 7. The van der Waals surface area contributed by atoms with Gasteiger partial charge < -0.3 is 20.4 Å². The van der Waals surface area contributed by atoms with Gasteiger partial charge in [-0.25, -0.2) is 4.39 Å². The molecule has 1 aromatic rings. The Morgan fingerprint density at radius 2 is 2.26 bits per heavy atom. The van der Waals surface area contributed by atoms with Crippen molar-refractivity contribution in [3.05, 3.63) is 35.1 Å². The van der Waals surface area contributed by atoms with Gasteiger partial charge in [0.25, 0.3) is 0 Å². The van der Waals surface area contributed by atoms with E-state index in [-0.39, 0.29) is 18.5 Å². The van der Waals surface area contributed by atoms with Gasteiger partial charge in [-0.15, -0.1) is 0 Å². The number of hydrogen-bond donors (Lipinski definition) is 2. The number of hydrogen-bond acceptors (Lipinski definition) is 4. The Bertz CT molecular complexity index is 438. The molecule has 6 heteroatoms. The molecule has 106 valence electrons. The molecule has 0 heterocycles. The van der Waals surface area contributed by atoms with E-state index in [4.69, 9.17) is 20.4 Å². The summed E-state index contributed by atoms with van der Waals surface area (Å²) in [5, 5.41) is 11.3. The molecule has 0 amide bonds. The largest absolute Gasteiger partial charge is 0.409 e. The van der Waals surface area contributed by atoms with Crippen LogP contribution in [0.3, 0.4) is 0 Å². The first kappa shape index (κ1) is 15.4. The van der Waals surface area contributed by atoms with E-state index < -0.39 is 5.82 Å². The van der Waals surface area contributed by atoms with E-state index in [0.717, 1.165) is 0 Å². The predicted octanol–water partition coefficient (Wildman–Crippen LogP) is 1.86. The van der Waals surface area contributed by atoms with Gasteiger partial charge in [0, 0.05) is 17.7 Å². The van der Waals surface area contributed by atoms with Crippen LogP contribution in [0.25, 0.3) is 0 Å². The highest BCUT2D eigenvalue weighted by molar-refractivity contribution is 5.97. The molecular formula is C13H19FN2O3. The van der Waals surface area contributed by atoms with Gasteiger partial charge in [-0.1, -0.05) is 17.3 Å². The summed E-state index contributed by atoms with van der Waals surface area (Å²) in [5.74, 6) is -0.580. The van der Waals surface area contributed by atoms with E-state index in [9.17, 15) is 4.39 Å². The van der Waals surface area contributed by atoms with Crippen molar-refractivity contribution in [1.82, 2.24) is 0 Å². The minimum absolute atomic E-state index is 0.108. The van der Waals surface area contributed by atoms with E-state index in [0.29, 0.717) is 24.3 Å². The van der Waals surface area contributed by atoms with Crippen molar-refractivity contribution in [2.45, 2.75) is 26.6 Å². The highest BCUT2D eigenvalue weighted by Gasteiger charge is 2.09. The van der Waals surface area contributed by atoms with Crippen LogP contribution in [0.1, 0.15) is 25.0 Å². The third-order valence-corrected chi connectivity index (χ3v) is 2.54. The van der Waals surface area contributed by atoms with Crippen LogP contribution >= 0.6 is 0 Å². The van der Waals surface area contributed by atoms with E-state index in [1.54, 1.807) is 12.1 Å². The quantitative estimate of drug-likeness (QED) is 0.343. The highest BCUT2D eigenvalue weighted by atomic mass is 19.1. The van der Waals surface area contributed by atoms with E-state index in [1.807, 2.05) is 13.8 Å². The molecule has 1 atom stereocenters. The number of nitrogens with two attached hydrogens (primary N) is 1. The van der Waals surface area contributed by atoms with Gasteiger partial charge in [-0.05, 0) is 19.9 Å².